The summed E-state index contributed by atoms with van der Waals surface area (Å²) in [6.07, 6.45) is 0. The molecule has 2 rings (SSSR count). The van der Waals surface area contributed by atoms with E-state index in [1.54, 1.807) is 0 Å². The van der Waals surface area contributed by atoms with Crippen LogP contribution in [0.1, 0.15) is 11.1 Å². The highest BCUT2D eigenvalue weighted by Gasteiger charge is 2.19. The summed E-state index contributed by atoms with van der Waals surface area (Å²) in [6, 6.07) is 20.4. The van der Waals surface area contributed by atoms with Crippen LogP contribution in [0.4, 0.5) is 0 Å². The minimum atomic E-state index is -2.30. The number of halogens is 2. The van der Waals surface area contributed by atoms with Gasteiger partial charge in [-0.2, -0.15) is 0 Å². The van der Waals surface area contributed by atoms with Gasteiger partial charge in [-0.05, 0) is 23.2 Å². The van der Waals surface area contributed by atoms with Crippen LogP contribution in [0.25, 0.3) is 5.57 Å². The predicted octanol–water partition coefficient (Wildman–Crippen LogP) is 5.21. The van der Waals surface area contributed by atoms with Crippen molar-refractivity contribution in [1.82, 2.24) is 0 Å². The Labute approximate surface area is 118 Å². The lowest BCUT2D eigenvalue weighted by molar-refractivity contribution is 1.55. The van der Waals surface area contributed by atoms with E-state index in [1.807, 2.05) is 48.6 Å². The van der Waals surface area contributed by atoms with E-state index in [-0.39, 0.29) is 0 Å². The molecule has 0 heterocycles. The predicted molar refractivity (Wildman–Crippen MR) is 83.3 cm³/mol. The topological polar surface area (TPSA) is 0 Å². The van der Waals surface area contributed by atoms with Crippen molar-refractivity contribution in [1.29, 1.82) is 0 Å². The van der Waals surface area contributed by atoms with Crippen molar-refractivity contribution in [3.05, 3.63) is 77.5 Å². The van der Waals surface area contributed by atoms with E-state index < -0.39 is 6.69 Å². The summed E-state index contributed by atoms with van der Waals surface area (Å²) in [6.45, 7) is -0.399. The Kier molecular flexibility index (Phi) is 4.28. The molecule has 0 N–H and O–H groups in total. The zero-order chi connectivity index (χ0) is 13.0. The number of benzene rings is 2. The maximum absolute atomic E-state index is 6.26. The largest absolute Gasteiger partial charge is 0.271 e. The van der Waals surface area contributed by atoms with Crippen molar-refractivity contribution in [2.75, 3.05) is 0 Å². The molecule has 0 aliphatic rings. The maximum atomic E-state index is 6.26. The molecule has 0 spiro atoms. The highest BCUT2D eigenvalue weighted by molar-refractivity contribution is 7.47. The van der Waals surface area contributed by atoms with Gasteiger partial charge in [-0.25, -0.2) is 0 Å². The Balaban J connectivity index is 2.53. The minimum absolute atomic E-state index is 1.11. The molecule has 0 saturated heterocycles. The lowest BCUT2D eigenvalue weighted by Crippen LogP contribution is -2.10. The molecule has 0 aliphatic carbocycles. The Morgan fingerprint density at radius 1 is 0.833 bits per heavy atom. The van der Waals surface area contributed by atoms with Crippen molar-refractivity contribution in [2.24, 2.45) is 0 Å². The molecule has 0 nitrogen and oxygen atoms in total. The summed E-state index contributed by atoms with van der Waals surface area (Å²) < 4.78 is 0. The Morgan fingerprint density at radius 2 is 1.22 bits per heavy atom. The zero-order valence-corrected chi connectivity index (χ0v) is 12.6. The van der Waals surface area contributed by atoms with Gasteiger partial charge in [0.05, 0.1) is 0 Å². The van der Waals surface area contributed by atoms with Crippen LogP contribution in [0.15, 0.2) is 66.4 Å². The van der Waals surface area contributed by atoms with Crippen LogP contribution < -0.4 is 0 Å². The monoisotopic (exact) mass is 292 g/mol. The van der Waals surface area contributed by atoms with Gasteiger partial charge in [0.15, 0.2) is 0 Å². The number of hydrogen-bond donors (Lipinski definition) is 0. The SMILES string of the molecule is C[Si](Cl)(Cl)C=C(c1ccccc1)c1ccccc1. The molecular weight excluding hydrogens is 279 g/mol. The van der Waals surface area contributed by atoms with Gasteiger partial charge in [0.2, 0.25) is 0 Å². The fourth-order valence-corrected chi connectivity index (χ4v) is 3.32. The van der Waals surface area contributed by atoms with Crippen LogP contribution in [0, 0.1) is 0 Å². The van der Waals surface area contributed by atoms with Crippen LogP contribution in [0.3, 0.4) is 0 Å². The molecule has 0 amide bonds. The molecule has 18 heavy (non-hydrogen) atoms. The normalized spacial score (nSPS) is 11.1. The molecule has 0 fully saturated rings. The third kappa shape index (κ3) is 3.74. The molecule has 0 aliphatic heterocycles. The van der Waals surface area contributed by atoms with Crippen molar-refractivity contribution in [2.45, 2.75) is 6.55 Å². The van der Waals surface area contributed by atoms with E-state index in [0.29, 0.717) is 0 Å². The third-order valence-electron chi connectivity index (χ3n) is 2.57. The quantitative estimate of drug-likeness (QED) is 0.538. The summed E-state index contributed by atoms with van der Waals surface area (Å²) in [5, 5.41) is 0. The average molecular weight is 293 g/mol. The second-order valence-electron chi connectivity index (χ2n) is 4.25. The van der Waals surface area contributed by atoms with Gasteiger partial charge in [0.25, 0.3) is 6.69 Å². The fourth-order valence-electron chi connectivity index (χ4n) is 1.82. The molecule has 3 heteroatoms. The first-order valence-corrected chi connectivity index (χ1v) is 10.4. The molecular formula is C15H14Cl2Si. The highest BCUT2D eigenvalue weighted by Crippen LogP contribution is 2.28. The van der Waals surface area contributed by atoms with Gasteiger partial charge < -0.3 is 0 Å². The second kappa shape index (κ2) is 5.74. The Morgan fingerprint density at radius 3 is 1.56 bits per heavy atom. The molecule has 0 unspecified atom stereocenters. The summed E-state index contributed by atoms with van der Waals surface area (Å²) in [5.41, 5.74) is 5.41. The lowest BCUT2D eigenvalue weighted by atomic mass is 10.00. The average Bonchev–Trinajstić information content (AvgIpc) is 2.37. The molecule has 92 valence electrons. The molecule has 0 radical (unpaired) electrons. The molecule has 0 atom stereocenters. The van der Waals surface area contributed by atoms with Crippen molar-refractivity contribution >= 4 is 34.4 Å². The summed E-state index contributed by atoms with van der Waals surface area (Å²) >= 11 is 12.5. The zero-order valence-electron chi connectivity index (χ0n) is 10.1. The maximum Gasteiger partial charge on any atom is 0.271 e. The van der Waals surface area contributed by atoms with E-state index in [0.717, 1.165) is 16.7 Å². The highest BCUT2D eigenvalue weighted by atomic mass is 35.7. The molecule has 2 aromatic rings. The lowest BCUT2D eigenvalue weighted by Gasteiger charge is -2.12. The van der Waals surface area contributed by atoms with Crippen molar-refractivity contribution < 1.29 is 0 Å². The van der Waals surface area contributed by atoms with E-state index in [1.165, 1.54) is 0 Å². The first-order chi connectivity index (χ1) is 8.56. The van der Waals surface area contributed by atoms with Gasteiger partial charge >= 0.3 is 0 Å². The molecule has 2 aromatic carbocycles. The first-order valence-electron chi connectivity index (χ1n) is 5.78. The van der Waals surface area contributed by atoms with Gasteiger partial charge in [0.1, 0.15) is 0 Å². The summed E-state index contributed by atoms with van der Waals surface area (Å²) in [7, 11) is 0. The second-order valence-corrected chi connectivity index (χ2v) is 11.7. The van der Waals surface area contributed by atoms with Gasteiger partial charge in [-0.1, -0.05) is 66.4 Å². The number of hydrogen-bond acceptors (Lipinski definition) is 0. The van der Waals surface area contributed by atoms with Crippen molar-refractivity contribution in [3.8, 4) is 0 Å². The summed E-state index contributed by atoms with van der Waals surface area (Å²) in [5.74, 6) is 0. The van der Waals surface area contributed by atoms with Crippen LogP contribution in [0.2, 0.25) is 6.55 Å². The van der Waals surface area contributed by atoms with Crippen LogP contribution in [-0.4, -0.2) is 6.69 Å². The van der Waals surface area contributed by atoms with E-state index in [4.69, 9.17) is 22.2 Å². The van der Waals surface area contributed by atoms with E-state index in [9.17, 15) is 0 Å². The standard InChI is InChI=1S/C15H14Cl2Si/c1-18(16,17)12-15(13-8-4-2-5-9-13)14-10-6-3-7-11-14/h2-12H,1H3. The van der Waals surface area contributed by atoms with Crippen molar-refractivity contribution in [3.63, 3.8) is 0 Å². The van der Waals surface area contributed by atoms with Gasteiger partial charge in [-0.15, -0.1) is 22.2 Å². The van der Waals surface area contributed by atoms with Crippen LogP contribution >= 0.6 is 22.2 Å². The summed E-state index contributed by atoms with van der Waals surface area (Å²) in [4.78, 5) is 0. The minimum Gasteiger partial charge on any atom is -0.141 e. The van der Waals surface area contributed by atoms with Gasteiger partial charge in [0, 0.05) is 0 Å². The molecule has 0 saturated carbocycles. The Bertz CT molecular complexity index is 486. The van der Waals surface area contributed by atoms with Crippen LogP contribution in [0.5, 0.6) is 0 Å². The Hall–Kier alpha value is -1.02. The smallest absolute Gasteiger partial charge is 0.141 e. The van der Waals surface area contributed by atoms with Crippen LogP contribution in [-0.2, 0) is 0 Å². The molecule has 0 bridgehead atoms. The fraction of sp³-hybridized carbons (Fsp3) is 0.0667. The number of rotatable bonds is 3. The van der Waals surface area contributed by atoms with Gasteiger partial charge in [-0.3, -0.25) is 0 Å². The van der Waals surface area contributed by atoms with E-state index >= 15 is 0 Å². The molecule has 0 aromatic heterocycles. The first kappa shape index (κ1) is 13.4. The van der Waals surface area contributed by atoms with E-state index in [2.05, 4.69) is 24.3 Å². The third-order valence-corrected chi connectivity index (χ3v) is 4.02.